The molecule has 1 aromatic heterocycles. The average molecular weight is 388 g/mol. The van der Waals surface area contributed by atoms with Crippen LogP contribution in [0, 0.1) is 5.82 Å². The van der Waals surface area contributed by atoms with Crippen molar-refractivity contribution in [3.05, 3.63) is 47.5 Å². The lowest BCUT2D eigenvalue weighted by molar-refractivity contribution is 0.181. The smallest absolute Gasteiger partial charge is 0.191 e. The van der Waals surface area contributed by atoms with E-state index in [-0.39, 0.29) is 12.4 Å². The standard InChI is InChI=1S/C20H29FN6O/c1-22-20(23-10-15-6-7-19(21)16(9-15)14-28-3)25-17-5-4-8-27(12-17)18-11-24-26(2)13-18/h6-7,9,11,13,17H,4-5,8,10,12,14H2,1-3H3,(H2,22,23,25). The maximum atomic E-state index is 13.8. The fourth-order valence-electron chi connectivity index (χ4n) is 3.48. The van der Waals surface area contributed by atoms with Crippen LogP contribution in [0.4, 0.5) is 10.1 Å². The van der Waals surface area contributed by atoms with E-state index in [0.717, 1.165) is 43.1 Å². The zero-order valence-electron chi connectivity index (χ0n) is 16.8. The number of hydrogen-bond donors (Lipinski definition) is 2. The molecule has 1 unspecified atom stereocenters. The van der Waals surface area contributed by atoms with Gasteiger partial charge in [0.2, 0.25) is 0 Å². The summed E-state index contributed by atoms with van der Waals surface area (Å²) in [5.41, 5.74) is 2.69. The SMILES string of the molecule is CN=C(NCc1ccc(F)c(COC)c1)NC1CCCN(c2cnn(C)c2)C1. The van der Waals surface area contributed by atoms with Crippen molar-refractivity contribution in [3.63, 3.8) is 0 Å². The van der Waals surface area contributed by atoms with Gasteiger partial charge in [-0.15, -0.1) is 0 Å². The molecular weight excluding hydrogens is 359 g/mol. The van der Waals surface area contributed by atoms with Crippen molar-refractivity contribution < 1.29 is 9.13 Å². The van der Waals surface area contributed by atoms with Crippen LogP contribution in [0.25, 0.3) is 0 Å². The lowest BCUT2D eigenvalue weighted by atomic mass is 10.1. The monoisotopic (exact) mass is 388 g/mol. The Morgan fingerprint density at radius 2 is 2.29 bits per heavy atom. The third-order valence-corrected chi connectivity index (χ3v) is 4.91. The Hall–Kier alpha value is -2.61. The quantitative estimate of drug-likeness (QED) is 0.586. The van der Waals surface area contributed by atoms with E-state index in [4.69, 9.17) is 4.74 Å². The summed E-state index contributed by atoms with van der Waals surface area (Å²) in [5, 5.41) is 11.1. The third-order valence-electron chi connectivity index (χ3n) is 4.91. The van der Waals surface area contributed by atoms with Gasteiger partial charge in [-0.25, -0.2) is 4.39 Å². The molecule has 2 N–H and O–H groups in total. The van der Waals surface area contributed by atoms with E-state index in [9.17, 15) is 4.39 Å². The van der Waals surface area contributed by atoms with Gasteiger partial charge in [-0.3, -0.25) is 9.67 Å². The first-order valence-electron chi connectivity index (χ1n) is 9.56. The number of halogens is 1. The highest BCUT2D eigenvalue weighted by Crippen LogP contribution is 2.19. The second kappa shape index (κ2) is 9.54. The van der Waals surface area contributed by atoms with Gasteiger partial charge in [0.15, 0.2) is 5.96 Å². The maximum Gasteiger partial charge on any atom is 0.191 e. The minimum atomic E-state index is -0.245. The number of methoxy groups -OCH3 is 1. The van der Waals surface area contributed by atoms with Gasteiger partial charge in [0.05, 0.1) is 18.5 Å². The Kier molecular flexibility index (Phi) is 6.86. The lowest BCUT2D eigenvalue weighted by Crippen LogP contribution is -2.51. The van der Waals surface area contributed by atoms with Gasteiger partial charge in [-0.05, 0) is 30.5 Å². The predicted octanol–water partition coefficient (Wildman–Crippen LogP) is 2.04. The lowest BCUT2D eigenvalue weighted by Gasteiger charge is -2.34. The Morgan fingerprint density at radius 1 is 1.43 bits per heavy atom. The highest BCUT2D eigenvalue weighted by atomic mass is 19.1. The summed E-state index contributed by atoms with van der Waals surface area (Å²) in [6, 6.07) is 5.38. The number of benzene rings is 1. The van der Waals surface area contributed by atoms with Crippen LogP contribution >= 0.6 is 0 Å². The van der Waals surface area contributed by atoms with Crippen LogP contribution in [0.5, 0.6) is 0 Å². The zero-order valence-corrected chi connectivity index (χ0v) is 16.8. The molecule has 8 heteroatoms. The van der Waals surface area contributed by atoms with Crippen LogP contribution in [0.3, 0.4) is 0 Å². The summed E-state index contributed by atoms with van der Waals surface area (Å²) in [4.78, 5) is 6.68. The number of aryl methyl sites for hydroxylation is 1. The number of aliphatic imine (C=N–C) groups is 1. The molecule has 3 rings (SSSR count). The van der Waals surface area contributed by atoms with E-state index in [2.05, 4.69) is 25.6 Å². The number of rotatable bonds is 6. The third kappa shape index (κ3) is 5.22. The summed E-state index contributed by atoms with van der Waals surface area (Å²) in [7, 11) is 5.26. The van der Waals surface area contributed by atoms with Crippen LogP contribution in [-0.4, -0.2) is 49.0 Å². The molecule has 7 nitrogen and oxygen atoms in total. The second-order valence-electron chi connectivity index (χ2n) is 7.09. The molecule has 1 aliphatic rings. The summed E-state index contributed by atoms with van der Waals surface area (Å²) < 4.78 is 20.6. The Labute approximate surface area is 165 Å². The van der Waals surface area contributed by atoms with E-state index in [1.165, 1.54) is 6.07 Å². The summed E-state index contributed by atoms with van der Waals surface area (Å²) >= 11 is 0. The largest absolute Gasteiger partial charge is 0.380 e. The number of aromatic nitrogens is 2. The van der Waals surface area contributed by atoms with Crippen LogP contribution in [0.1, 0.15) is 24.0 Å². The molecule has 1 saturated heterocycles. The summed E-state index contributed by atoms with van der Waals surface area (Å²) in [5.74, 6) is 0.501. The van der Waals surface area contributed by atoms with E-state index in [1.54, 1.807) is 20.2 Å². The first kappa shape index (κ1) is 20.1. The molecule has 2 aromatic rings. The molecule has 0 amide bonds. The van der Waals surface area contributed by atoms with Gasteiger partial charge in [-0.1, -0.05) is 6.07 Å². The molecule has 1 aliphatic heterocycles. The molecule has 0 aliphatic carbocycles. The minimum Gasteiger partial charge on any atom is -0.380 e. The van der Waals surface area contributed by atoms with Crippen molar-refractivity contribution in [1.29, 1.82) is 0 Å². The van der Waals surface area contributed by atoms with Crippen molar-refractivity contribution >= 4 is 11.6 Å². The topological polar surface area (TPSA) is 66.7 Å². The average Bonchev–Trinajstić information content (AvgIpc) is 3.14. The van der Waals surface area contributed by atoms with Gasteiger partial charge in [0, 0.05) is 58.6 Å². The van der Waals surface area contributed by atoms with Gasteiger partial charge in [-0.2, -0.15) is 5.10 Å². The molecule has 0 spiro atoms. The van der Waals surface area contributed by atoms with Crippen LogP contribution < -0.4 is 15.5 Å². The molecular formula is C20H29FN6O. The minimum absolute atomic E-state index is 0.245. The number of hydrogen-bond acceptors (Lipinski definition) is 4. The highest BCUT2D eigenvalue weighted by Gasteiger charge is 2.21. The van der Waals surface area contributed by atoms with Gasteiger partial charge in [0.25, 0.3) is 0 Å². The van der Waals surface area contributed by atoms with Crippen molar-refractivity contribution in [2.24, 2.45) is 12.0 Å². The normalized spacial score (nSPS) is 17.6. The van der Waals surface area contributed by atoms with E-state index < -0.39 is 0 Å². The zero-order chi connectivity index (χ0) is 19.9. The fraction of sp³-hybridized carbons (Fsp3) is 0.500. The number of anilines is 1. The van der Waals surface area contributed by atoms with E-state index in [0.29, 0.717) is 18.2 Å². The predicted molar refractivity (Wildman–Crippen MR) is 109 cm³/mol. The Bertz CT molecular complexity index is 806. The van der Waals surface area contributed by atoms with Crippen molar-refractivity contribution in [3.8, 4) is 0 Å². The number of ether oxygens (including phenoxy) is 1. The maximum absolute atomic E-state index is 13.8. The van der Waals surface area contributed by atoms with Crippen LogP contribution in [-0.2, 0) is 24.9 Å². The molecule has 152 valence electrons. The molecule has 1 atom stereocenters. The Morgan fingerprint density at radius 3 is 3.00 bits per heavy atom. The summed E-state index contributed by atoms with van der Waals surface area (Å²) in [6.07, 6.45) is 6.15. The first-order valence-corrected chi connectivity index (χ1v) is 9.56. The summed E-state index contributed by atoms with van der Waals surface area (Å²) in [6.45, 7) is 2.77. The van der Waals surface area contributed by atoms with E-state index >= 15 is 0 Å². The number of nitrogens with zero attached hydrogens (tertiary/aromatic N) is 4. The number of nitrogens with one attached hydrogen (secondary N) is 2. The Balaban J connectivity index is 1.55. The van der Waals surface area contributed by atoms with Gasteiger partial charge < -0.3 is 20.3 Å². The van der Waals surface area contributed by atoms with Crippen LogP contribution in [0.15, 0.2) is 35.6 Å². The molecule has 28 heavy (non-hydrogen) atoms. The van der Waals surface area contributed by atoms with Gasteiger partial charge in [0.1, 0.15) is 5.82 Å². The molecule has 0 radical (unpaired) electrons. The van der Waals surface area contributed by atoms with Crippen molar-refractivity contribution in [2.45, 2.75) is 32.0 Å². The molecule has 1 fully saturated rings. The molecule has 0 saturated carbocycles. The van der Waals surface area contributed by atoms with Gasteiger partial charge >= 0.3 is 0 Å². The number of guanidine groups is 1. The second-order valence-corrected chi connectivity index (χ2v) is 7.09. The van der Waals surface area contributed by atoms with E-state index in [1.807, 2.05) is 30.2 Å². The fourth-order valence-corrected chi connectivity index (χ4v) is 3.48. The molecule has 1 aromatic carbocycles. The van der Waals surface area contributed by atoms with Crippen LogP contribution in [0.2, 0.25) is 0 Å². The van der Waals surface area contributed by atoms with Crippen molar-refractivity contribution in [1.82, 2.24) is 20.4 Å². The van der Waals surface area contributed by atoms with Crippen molar-refractivity contribution in [2.75, 3.05) is 32.1 Å². The molecule has 0 bridgehead atoms. The number of piperidine rings is 1. The first-order chi connectivity index (χ1) is 13.6. The molecule has 2 heterocycles. The highest BCUT2D eigenvalue weighted by molar-refractivity contribution is 5.80.